The Hall–Kier alpha value is -2.34. The zero-order valence-corrected chi connectivity index (χ0v) is 17.9. The van der Waals surface area contributed by atoms with Gasteiger partial charge in [0.1, 0.15) is 0 Å². The van der Waals surface area contributed by atoms with Gasteiger partial charge in [-0.15, -0.1) is 0 Å². The Morgan fingerprint density at radius 2 is 0.964 bits per heavy atom. The second kappa shape index (κ2) is 5.83. The van der Waals surface area contributed by atoms with Crippen LogP contribution in [0.2, 0.25) is 0 Å². The molecule has 0 heteroatoms. The van der Waals surface area contributed by atoms with Gasteiger partial charge in [-0.1, -0.05) is 65.7 Å². The third kappa shape index (κ3) is 2.24. The number of rotatable bonds is 3. The minimum absolute atomic E-state index is 0.302. The largest absolute Gasteiger partial charge is 0.0622 e. The molecule has 0 amide bonds. The van der Waals surface area contributed by atoms with E-state index >= 15 is 0 Å². The van der Waals surface area contributed by atoms with Crippen LogP contribution < -0.4 is 0 Å². The monoisotopic (exact) mass is 366 g/mol. The van der Waals surface area contributed by atoms with E-state index in [-0.39, 0.29) is 0 Å². The topological polar surface area (TPSA) is 0 Å². The van der Waals surface area contributed by atoms with Crippen molar-refractivity contribution in [1.29, 1.82) is 0 Å². The molecule has 0 aromatic heterocycles. The molecule has 2 aliphatic carbocycles. The summed E-state index contributed by atoms with van der Waals surface area (Å²) in [4.78, 5) is 0. The maximum atomic E-state index is 2.37. The van der Waals surface area contributed by atoms with Crippen molar-refractivity contribution >= 4 is 0 Å². The highest BCUT2D eigenvalue weighted by Gasteiger charge is 2.87. The minimum Gasteiger partial charge on any atom is -0.0622 e. The molecule has 5 rings (SSSR count). The molecular weight excluding hydrogens is 336 g/mol. The summed E-state index contributed by atoms with van der Waals surface area (Å²) in [5.74, 6) is 2.08. The van der Waals surface area contributed by atoms with Crippen molar-refractivity contribution in [2.75, 3.05) is 0 Å². The standard InChI is InChI=1S/C28H30/c1-16-12-18(3)23(19(4)13-16)25-27-26(24-20(5)14-17(2)15-21(24)6)28(25,27)22-10-8-7-9-11-22/h7-15,25-27H,1-6H3. The smallest absolute Gasteiger partial charge is 0.0137 e. The molecule has 0 aliphatic heterocycles. The van der Waals surface area contributed by atoms with Crippen LogP contribution >= 0.6 is 0 Å². The predicted octanol–water partition coefficient (Wildman–Crippen LogP) is 6.99. The molecule has 142 valence electrons. The van der Waals surface area contributed by atoms with Crippen molar-refractivity contribution < 1.29 is 0 Å². The molecule has 2 fully saturated rings. The molecule has 0 bridgehead atoms. The van der Waals surface area contributed by atoms with Crippen molar-refractivity contribution in [2.24, 2.45) is 5.92 Å². The SMILES string of the molecule is Cc1cc(C)c(C2C3C(c4c(C)cc(C)cc4C)C23c2ccccc2)c(C)c1. The van der Waals surface area contributed by atoms with Gasteiger partial charge < -0.3 is 0 Å². The van der Waals surface area contributed by atoms with E-state index in [2.05, 4.69) is 96.1 Å². The number of hydrogen-bond acceptors (Lipinski definition) is 0. The fourth-order valence-corrected chi connectivity index (χ4v) is 6.62. The second-order valence-electron chi connectivity index (χ2n) is 9.40. The Morgan fingerprint density at radius 3 is 1.36 bits per heavy atom. The highest BCUT2D eigenvalue weighted by atomic mass is 14.9. The maximum absolute atomic E-state index is 2.37. The first kappa shape index (κ1) is 17.7. The molecule has 2 saturated carbocycles. The van der Waals surface area contributed by atoms with Crippen molar-refractivity contribution in [3.05, 3.63) is 105 Å². The lowest BCUT2D eigenvalue weighted by Gasteiger charge is -2.26. The molecule has 0 N–H and O–H groups in total. The lowest BCUT2D eigenvalue weighted by molar-refractivity contribution is 0.621. The average molecular weight is 367 g/mol. The van der Waals surface area contributed by atoms with Crippen LogP contribution in [0.3, 0.4) is 0 Å². The summed E-state index contributed by atoms with van der Waals surface area (Å²) in [6.07, 6.45) is 0. The van der Waals surface area contributed by atoms with Gasteiger partial charge in [-0.05, 0) is 98.2 Å². The Bertz CT molecular complexity index is 975. The predicted molar refractivity (Wildman–Crippen MR) is 118 cm³/mol. The fraction of sp³-hybridized carbons (Fsp3) is 0.357. The number of aryl methyl sites for hydroxylation is 6. The molecule has 0 radical (unpaired) electrons. The van der Waals surface area contributed by atoms with Crippen LogP contribution in [0.4, 0.5) is 0 Å². The quantitative estimate of drug-likeness (QED) is 0.469. The van der Waals surface area contributed by atoms with Crippen molar-refractivity contribution in [2.45, 2.75) is 58.8 Å². The summed E-state index contributed by atoms with van der Waals surface area (Å²) in [5.41, 5.74) is 13.7. The third-order valence-corrected chi connectivity index (χ3v) is 7.45. The van der Waals surface area contributed by atoms with Gasteiger partial charge in [0.2, 0.25) is 0 Å². The molecule has 2 unspecified atom stereocenters. The molecule has 2 aliphatic rings. The molecule has 0 spiro atoms. The van der Waals surface area contributed by atoms with Crippen molar-refractivity contribution in [1.82, 2.24) is 0 Å². The summed E-state index contributed by atoms with van der Waals surface area (Å²) < 4.78 is 0. The summed E-state index contributed by atoms with van der Waals surface area (Å²) in [6, 6.07) is 20.8. The first-order valence-electron chi connectivity index (χ1n) is 10.6. The molecule has 28 heavy (non-hydrogen) atoms. The molecule has 3 aromatic carbocycles. The Morgan fingerprint density at radius 1 is 0.571 bits per heavy atom. The molecule has 0 saturated heterocycles. The Kier molecular flexibility index (Phi) is 3.69. The van der Waals surface area contributed by atoms with Crippen LogP contribution in [0.25, 0.3) is 0 Å². The van der Waals surface area contributed by atoms with Crippen molar-refractivity contribution in [3.8, 4) is 0 Å². The Labute approximate surface area is 169 Å². The van der Waals surface area contributed by atoms with E-state index in [9.17, 15) is 0 Å². The second-order valence-corrected chi connectivity index (χ2v) is 9.40. The van der Waals surface area contributed by atoms with Gasteiger partial charge in [-0.3, -0.25) is 0 Å². The number of fused-ring (bicyclic) bond motifs is 1. The van der Waals surface area contributed by atoms with E-state index < -0.39 is 0 Å². The van der Waals surface area contributed by atoms with Crippen LogP contribution in [-0.4, -0.2) is 0 Å². The Balaban J connectivity index is 1.64. The summed E-state index contributed by atoms with van der Waals surface area (Å²) >= 11 is 0. The molecule has 0 nitrogen and oxygen atoms in total. The molecular formula is C28H30. The summed E-state index contributed by atoms with van der Waals surface area (Å²) in [5, 5.41) is 0. The highest BCUT2D eigenvalue weighted by molar-refractivity contribution is 5.68. The van der Waals surface area contributed by atoms with Crippen LogP contribution in [0.1, 0.15) is 61.9 Å². The van der Waals surface area contributed by atoms with E-state index in [0.29, 0.717) is 17.3 Å². The first-order valence-corrected chi connectivity index (χ1v) is 10.6. The lowest BCUT2D eigenvalue weighted by Crippen LogP contribution is -2.15. The van der Waals surface area contributed by atoms with E-state index in [4.69, 9.17) is 0 Å². The van der Waals surface area contributed by atoms with E-state index in [0.717, 1.165) is 5.92 Å². The maximum Gasteiger partial charge on any atom is 0.0137 e. The van der Waals surface area contributed by atoms with Crippen LogP contribution in [0.15, 0.2) is 54.6 Å². The van der Waals surface area contributed by atoms with Gasteiger partial charge in [0, 0.05) is 5.41 Å². The minimum atomic E-state index is 0.302. The zero-order chi connectivity index (χ0) is 19.8. The van der Waals surface area contributed by atoms with Gasteiger partial charge in [0.05, 0.1) is 0 Å². The van der Waals surface area contributed by atoms with Gasteiger partial charge in [-0.25, -0.2) is 0 Å². The van der Waals surface area contributed by atoms with Crippen molar-refractivity contribution in [3.63, 3.8) is 0 Å². The third-order valence-electron chi connectivity index (χ3n) is 7.45. The number of benzene rings is 3. The summed E-state index contributed by atoms with van der Waals surface area (Å²) in [6.45, 7) is 13.7. The van der Waals surface area contributed by atoms with Crippen LogP contribution in [-0.2, 0) is 5.41 Å². The molecule has 0 heterocycles. The molecule has 3 aromatic rings. The molecule has 2 atom stereocenters. The first-order chi connectivity index (χ1) is 13.4. The van der Waals surface area contributed by atoms with Gasteiger partial charge in [0.15, 0.2) is 0 Å². The van der Waals surface area contributed by atoms with Crippen LogP contribution in [0, 0.1) is 47.5 Å². The van der Waals surface area contributed by atoms with E-state index in [1.165, 1.54) is 38.9 Å². The van der Waals surface area contributed by atoms with Gasteiger partial charge in [0.25, 0.3) is 0 Å². The van der Waals surface area contributed by atoms with Crippen LogP contribution in [0.5, 0.6) is 0 Å². The number of hydrogen-bond donors (Lipinski definition) is 0. The van der Waals surface area contributed by atoms with E-state index in [1.54, 1.807) is 11.1 Å². The average Bonchev–Trinajstić information content (AvgIpc) is 3.48. The lowest BCUT2D eigenvalue weighted by atomic mass is 9.77. The van der Waals surface area contributed by atoms with Gasteiger partial charge in [-0.2, -0.15) is 0 Å². The fourth-order valence-electron chi connectivity index (χ4n) is 6.62. The highest BCUT2D eigenvalue weighted by Crippen LogP contribution is 2.91. The normalized spacial score (nSPS) is 27.4. The zero-order valence-electron chi connectivity index (χ0n) is 17.9. The van der Waals surface area contributed by atoms with E-state index in [1.807, 2.05) is 0 Å². The van der Waals surface area contributed by atoms with Gasteiger partial charge >= 0.3 is 0 Å². The summed E-state index contributed by atoms with van der Waals surface area (Å²) in [7, 11) is 0.